The largest absolute Gasteiger partial charge is 0.409 e. The predicted octanol–water partition coefficient (Wildman–Crippen LogP) is 0.913. The molecule has 100 valence electrons. The van der Waals surface area contributed by atoms with Crippen LogP contribution in [0, 0.1) is 0 Å². The number of aromatic nitrogens is 3. The van der Waals surface area contributed by atoms with E-state index in [1.807, 2.05) is 6.92 Å². The van der Waals surface area contributed by atoms with Crippen molar-refractivity contribution >= 4 is 17.6 Å². The third-order valence-electron chi connectivity index (χ3n) is 2.88. The highest BCUT2D eigenvalue weighted by atomic mass is 32.2. The molecule has 18 heavy (non-hydrogen) atoms. The quantitative estimate of drug-likeness (QED) is 0.234. The van der Waals surface area contributed by atoms with Gasteiger partial charge in [0.25, 0.3) is 0 Å². The highest BCUT2D eigenvalue weighted by Crippen LogP contribution is 2.37. The summed E-state index contributed by atoms with van der Waals surface area (Å²) in [5, 5.41) is 18.9. The zero-order valence-corrected chi connectivity index (χ0v) is 11.0. The molecule has 0 spiro atoms. The number of nitrogens with one attached hydrogen (secondary N) is 1. The SMILES string of the molecule is CCC(CC(N)=NO)Sc1n[nH]c(=O)n1C1CC1. The normalized spacial score (nSPS) is 17.9. The molecule has 1 atom stereocenters. The fraction of sp³-hybridized carbons (Fsp3) is 0.700. The number of hydrogen-bond acceptors (Lipinski definition) is 5. The molecule has 1 aliphatic carbocycles. The second kappa shape index (κ2) is 5.47. The number of H-pyrrole nitrogens is 1. The van der Waals surface area contributed by atoms with Crippen LogP contribution in [0.25, 0.3) is 0 Å². The molecular formula is C10H17N5O2S. The van der Waals surface area contributed by atoms with Crippen LogP contribution in [0.5, 0.6) is 0 Å². The number of oxime groups is 1. The maximum absolute atomic E-state index is 11.6. The van der Waals surface area contributed by atoms with Gasteiger partial charge in [0.2, 0.25) is 0 Å². The standard InChI is InChI=1S/C10H17N5O2S/c1-2-7(5-8(11)14-17)18-10-13-12-9(16)15(10)6-3-4-6/h6-7,17H,2-5H2,1H3,(H2,11,14)(H,12,16). The van der Waals surface area contributed by atoms with Crippen molar-refractivity contribution in [2.24, 2.45) is 10.9 Å². The summed E-state index contributed by atoms with van der Waals surface area (Å²) >= 11 is 1.50. The Hall–Kier alpha value is -1.44. The van der Waals surface area contributed by atoms with Crippen LogP contribution in [0.3, 0.4) is 0 Å². The van der Waals surface area contributed by atoms with Gasteiger partial charge in [-0.05, 0) is 19.3 Å². The molecular weight excluding hydrogens is 254 g/mol. The van der Waals surface area contributed by atoms with Gasteiger partial charge in [0.15, 0.2) is 5.16 Å². The van der Waals surface area contributed by atoms with Gasteiger partial charge in [0.05, 0.1) is 0 Å². The van der Waals surface area contributed by atoms with E-state index in [1.165, 1.54) is 11.8 Å². The molecule has 0 bridgehead atoms. The first-order valence-corrected chi connectivity index (χ1v) is 6.83. The van der Waals surface area contributed by atoms with Gasteiger partial charge in [-0.25, -0.2) is 9.89 Å². The molecule has 0 radical (unpaired) electrons. The predicted molar refractivity (Wildman–Crippen MR) is 69.1 cm³/mol. The molecule has 0 saturated heterocycles. The van der Waals surface area contributed by atoms with Crippen molar-refractivity contribution in [3.63, 3.8) is 0 Å². The Balaban J connectivity index is 2.09. The lowest BCUT2D eigenvalue weighted by atomic mass is 10.2. The summed E-state index contributed by atoms with van der Waals surface area (Å²) in [5.74, 6) is 0.199. The zero-order chi connectivity index (χ0) is 13.1. The van der Waals surface area contributed by atoms with Crippen LogP contribution in [0.2, 0.25) is 0 Å². The Kier molecular flexibility index (Phi) is 3.95. The van der Waals surface area contributed by atoms with Crippen molar-refractivity contribution in [2.75, 3.05) is 0 Å². The average molecular weight is 271 g/mol. The van der Waals surface area contributed by atoms with Gasteiger partial charge in [-0.15, -0.1) is 5.10 Å². The minimum absolute atomic E-state index is 0.147. The van der Waals surface area contributed by atoms with E-state index in [9.17, 15) is 4.79 Å². The molecule has 2 rings (SSSR count). The molecule has 1 heterocycles. The van der Waals surface area contributed by atoms with Crippen molar-refractivity contribution in [3.05, 3.63) is 10.5 Å². The molecule has 8 heteroatoms. The zero-order valence-electron chi connectivity index (χ0n) is 10.2. The topological polar surface area (TPSA) is 109 Å². The van der Waals surface area contributed by atoms with Crippen LogP contribution in [0.15, 0.2) is 15.1 Å². The molecule has 0 amide bonds. The first-order valence-electron chi connectivity index (χ1n) is 5.95. The summed E-state index contributed by atoms with van der Waals surface area (Å²) in [6.45, 7) is 2.02. The minimum atomic E-state index is -0.154. The van der Waals surface area contributed by atoms with Gasteiger partial charge in [0, 0.05) is 17.7 Å². The first kappa shape index (κ1) is 13.0. The highest BCUT2D eigenvalue weighted by molar-refractivity contribution is 7.99. The fourth-order valence-corrected chi connectivity index (χ4v) is 2.88. The number of nitrogens with zero attached hydrogens (tertiary/aromatic N) is 3. The maximum Gasteiger partial charge on any atom is 0.344 e. The van der Waals surface area contributed by atoms with Gasteiger partial charge in [-0.1, -0.05) is 23.8 Å². The van der Waals surface area contributed by atoms with E-state index in [1.54, 1.807) is 4.57 Å². The molecule has 0 aromatic carbocycles. The van der Waals surface area contributed by atoms with E-state index in [-0.39, 0.29) is 16.8 Å². The van der Waals surface area contributed by atoms with Crippen LogP contribution in [-0.2, 0) is 0 Å². The van der Waals surface area contributed by atoms with Crippen LogP contribution < -0.4 is 11.4 Å². The number of amidine groups is 1. The van der Waals surface area contributed by atoms with Crippen LogP contribution in [0.1, 0.15) is 38.6 Å². The van der Waals surface area contributed by atoms with Gasteiger partial charge >= 0.3 is 5.69 Å². The molecule has 7 nitrogen and oxygen atoms in total. The second-order valence-corrected chi connectivity index (χ2v) is 5.62. The van der Waals surface area contributed by atoms with Crippen LogP contribution in [0.4, 0.5) is 0 Å². The van der Waals surface area contributed by atoms with E-state index in [0.29, 0.717) is 17.6 Å². The lowest BCUT2D eigenvalue weighted by Crippen LogP contribution is -2.20. The average Bonchev–Trinajstić information content (AvgIpc) is 3.13. The number of rotatable bonds is 6. The Labute approximate surface area is 108 Å². The van der Waals surface area contributed by atoms with Crippen LogP contribution >= 0.6 is 11.8 Å². The van der Waals surface area contributed by atoms with Crippen molar-refractivity contribution in [1.82, 2.24) is 14.8 Å². The second-order valence-electron chi connectivity index (χ2n) is 4.36. The Morgan fingerprint density at radius 3 is 3.06 bits per heavy atom. The number of aromatic amines is 1. The van der Waals surface area contributed by atoms with Gasteiger partial charge < -0.3 is 10.9 Å². The molecule has 1 fully saturated rings. The number of thioether (sulfide) groups is 1. The van der Waals surface area contributed by atoms with Crippen molar-refractivity contribution < 1.29 is 5.21 Å². The summed E-state index contributed by atoms with van der Waals surface area (Å²) in [6, 6.07) is 0.292. The highest BCUT2D eigenvalue weighted by Gasteiger charge is 2.29. The fourth-order valence-electron chi connectivity index (χ4n) is 1.72. The van der Waals surface area contributed by atoms with E-state index in [0.717, 1.165) is 19.3 Å². The molecule has 1 aromatic rings. The summed E-state index contributed by atoms with van der Waals surface area (Å²) in [7, 11) is 0. The van der Waals surface area contributed by atoms with Gasteiger partial charge in [0.1, 0.15) is 5.84 Å². The van der Waals surface area contributed by atoms with Gasteiger partial charge in [-0.3, -0.25) is 4.57 Å². The van der Waals surface area contributed by atoms with Crippen LogP contribution in [-0.4, -0.2) is 31.1 Å². The van der Waals surface area contributed by atoms with E-state index >= 15 is 0 Å². The molecule has 1 aliphatic rings. The summed E-state index contributed by atoms with van der Waals surface area (Å²) in [4.78, 5) is 11.6. The third-order valence-corrected chi connectivity index (χ3v) is 4.21. The lowest BCUT2D eigenvalue weighted by molar-refractivity contribution is 0.316. The number of hydrogen-bond donors (Lipinski definition) is 3. The minimum Gasteiger partial charge on any atom is -0.409 e. The molecule has 0 aliphatic heterocycles. The summed E-state index contributed by atoms with van der Waals surface area (Å²) in [5.41, 5.74) is 5.35. The molecule has 4 N–H and O–H groups in total. The van der Waals surface area contributed by atoms with Crippen molar-refractivity contribution in [2.45, 2.75) is 49.1 Å². The first-order chi connectivity index (χ1) is 8.65. The lowest BCUT2D eigenvalue weighted by Gasteiger charge is -2.13. The smallest absolute Gasteiger partial charge is 0.344 e. The summed E-state index contributed by atoms with van der Waals surface area (Å²) < 4.78 is 1.71. The monoisotopic (exact) mass is 271 g/mol. The Morgan fingerprint density at radius 2 is 2.50 bits per heavy atom. The van der Waals surface area contributed by atoms with E-state index in [2.05, 4.69) is 15.4 Å². The maximum atomic E-state index is 11.6. The number of nitrogens with two attached hydrogens (primary N) is 1. The van der Waals surface area contributed by atoms with E-state index < -0.39 is 0 Å². The van der Waals surface area contributed by atoms with E-state index in [4.69, 9.17) is 10.9 Å². The summed E-state index contributed by atoms with van der Waals surface area (Å²) in [6.07, 6.45) is 3.39. The third kappa shape index (κ3) is 2.87. The molecule has 1 saturated carbocycles. The van der Waals surface area contributed by atoms with Gasteiger partial charge in [-0.2, -0.15) is 0 Å². The van der Waals surface area contributed by atoms with Crippen molar-refractivity contribution in [3.8, 4) is 0 Å². The van der Waals surface area contributed by atoms with Crippen molar-refractivity contribution in [1.29, 1.82) is 0 Å². The molecule has 1 unspecified atom stereocenters. The molecule has 1 aromatic heterocycles. The Morgan fingerprint density at radius 1 is 1.78 bits per heavy atom. The Bertz CT molecular complexity index is 491.